The summed E-state index contributed by atoms with van der Waals surface area (Å²) < 4.78 is 1.37. The molecule has 12 heavy (non-hydrogen) atoms. The third-order valence-electron chi connectivity index (χ3n) is 1.53. The van der Waals surface area contributed by atoms with E-state index in [1.54, 1.807) is 11.6 Å². The topological polar surface area (TPSA) is 86.4 Å². The quantitative estimate of drug-likeness (QED) is 0.596. The van der Waals surface area contributed by atoms with Crippen LogP contribution in [0, 0.1) is 0 Å². The summed E-state index contributed by atoms with van der Waals surface area (Å²) in [4.78, 5) is 15.8. The van der Waals surface area contributed by atoms with E-state index in [0.717, 1.165) is 0 Å². The van der Waals surface area contributed by atoms with Gasteiger partial charge in [-0.2, -0.15) is 0 Å². The number of anilines is 2. The molecule has 4 N–H and O–H groups in total. The predicted octanol–water partition coefficient (Wildman–Crippen LogP) is -0.0796. The minimum atomic E-state index is -0.307. The Labute approximate surface area is 71.3 Å². The zero-order valence-electron chi connectivity index (χ0n) is 6.02. The number of nitrogens with two attached hydrogens (primary N) is 2. The van der Waals surface area contributed by atoms with Gasteiger partial charge in [0.1, 0.15) is 5.69 Å². The molecule has 0 saturated heterocycles. The highest BCUT2D eigenvalue weighted by atomic mass is 32.1. The number of aromatic nitrogens is 2. The summed E-state index contributed by atoms with van der Waals surface area (Å²) in [7, 11) is 0. The van der Waals surface area contributed by atoms with E-state index >= 15 is 0 Å². The van der Waals surface area contributed by atoms with Gasteiger partial charge in [-0.3, -0.25) is 9.20 Å². The van der Waals surface area contributed by atoms with Gasteiger partial charge in [-0.15, -0.1) is 11.3 Å². The number of fused-ring (bicyclic) bond motifs is 1. The Morgan fingerprint density at radius 3 is 3.00 bits per heavy atom. The highest BCUT2D eigenvalue weighted by Crippen LogP contribution is 2.11. The Hall–Kier alpha value is -1.56. The third kappa shape index (κ3) is 0.782. The molecule has 6 heteroatoms. The highest BCUT2D eigenvalue weighted by molar-refractivity contribution is 7.15. The van der Waals surface area contributed by atoms with Crippen molar-refractivity contribution in [2.75, 3.05) is 11.5 Å². The number of nitrogen functional groups attached to an aromatic ring is 2. The van der Waals surface area contributed by atoms with Crippen molar-refractivity contribution in [1.82, 2.24) is 9.38 Å². The Kier molecular flexibility index (Phi) is 1.31. The van der Waals surface area contributed by atoms with Gasteiger partial charge in [0.2, 0.25) is 0 Å². The molecule has 0 atom stereocenters. The largest absolute Gasteiger partial charge is 0.391 e. The first kappa shape index (κ1) is 7.11. The molecule has 2 aromatic rings. The van der Waals surface area contributed by atoms with Gasteiger partial charge in [-0.05, 0) is 0 Å². The van der Waals surface area contributed by atoms with Crippen molar-refractivity contribution >= 4 is 27.8 Å². The summed E-state index contributed by atoms with van der Waals surface area (Å²) in [6, 6.07) is 0. The molecule has 2 heterocycles. The van der Waals surface area contributed by atoms with E-state index < -0.39 is 0 Å². The minimum Gasteiger partial charge on any atom is -0.391 e. The van der Waals surface area contributed by atoms with Crippen LogP contribution < -0.4 is 17.0 Å². The maximum atomic E-state index is 11.3. The molecule has 5 nitrogen and oxygen atoms in total. The summed E-state index contributed by atoms with van der Waals surface area (Å²) in [6.07, 6.45) is 1.62. The van der Waals surface area contributed by atoms with Crippen molar-refractivity contribution in [1.29, 1.82) is 0 Å². The van der Waals surface area contributed by atoms with E-state index in [-0.39, 0.29) is 17.1 Å². The van der Waals surface area contributed by atoms with Crippen LogP contribution in [0.3, 0.4) is 0 Å². The summed E-state index contributed by atoms with van der Waals surface area (Å²) in [5, 5.41) is 1.75. The van der Waals surface area contributed by atoms with Gasteiger partial charge in [-0.25, -0.2) is 4.98 Å². The first-order valence-corrected chi connectivity index (χ1v) is 4.09. The monoisotopic (exact) mass is 182 g/mol. The van der Waals surface area contributed by atoms with Crippen molar-refractivity contribution in [3.63, 3.8) is 0 Å². The summed E-state index contributed by atoms with van der Waals surface area (Å²) in [5.41, 5.74) is 10.5. The lowest BCUT2D eigenvalue weighted by atomic mass is 10.5. The molecular weight excluding hydrogens is 176 g/mol. The Balaban J connectivity index is 3.05. The lowest BCUT2D eigenvalue weighted by Gasteiger charge is -1.97. The fourth-order valence-electron chi connectivity index (χ4n) is 0.910. The molecule has 0 bridgehead atoms. The number of hydrogen-bond donors (Lipinski definition) is 2. The van der Waals surface area contributed by atoms with Crippen LogP contribution in [0.15, 0.2) is 16.4 Å². The second-order valence-corrected chi connectivity index (χ2v) is 3.14. The molecule has 0 aliphatic heterocycles. The maximum Gasteiger partial charge on any atom is 0.283 e. The van der Waals surface area contributed by atoms with Crippen LogP contribution in [0.25, 0.3) is 4.96 Å². The fraction of sp³-hybridized carbons (Fsp3) is 0. The highest BCUT2D eigenvalue weighted by Gasteiger charge is 2.06. The number of rotatable bonds is 0. The molecule has 62 valence electrons. The van der Waals surface area contributed by atoms with Crippen molar-refractivity contribution < 1.29 is 0 Å². The molecule has 0 aromatic carbocycles. The average molecular weight is 182 g/mol. The van der Waals surface area contributed by atoms with Crippen LogP contribution in [0.4, 0.5) is 11.5 Å². The van der Waals surface area contributed by atoms with Gasteiger partial charge in [-0.1, -0.05) is 0 Å². The number of hydrogen-bond acceptors (Lipinski definition) is 5. The van der Waals surface area contributed by atoms with Crippen LogP contribution in [-0.4, -0.2) is 9.38 Å². The van der Waals surface area contributed by atoms with Gasteiger partial charge in [0.15, 0.2) is 10.8 Å². The van der Waals surface area contributed by atoms with E-state index in [0.29, 0.717) is 4.96 Å². The smallest absolute Gasteiger partial charge is 0.283 e. The fourth-order valence-corrected chi connectivity index (χ4v) is 1.62. The van der Waals surface area contributed by atoms with Crippen LogP contribution >= 0.6 is 11.3 Å². The van der Waals surface area contributed by atoms with Crippen LogP contribution in [0.2, 0.25) is 0 Å². The number of nitrogens with zero attached hydrogens (tertiary/aromatic N) is 2. The maximum absolute atomic E-state index is 11.3. The lowest BCUT2D eigenvalue weighted by molar-refractivity contribution is 1.09. The Bertz CT molecular complexity index is 486. The summed E-state index contributed by atoms with van der Waals surface area (Å²) in [5.74, 6) is 0.0995. The van der Waals surface area contributed by atoms with Gasteiger partial charge in [0.05, 0.1) is 0 Å². The van der Waals surface area contributed by atoms with Crippen LogP contribution in [-0.2, 0) is 0 Å². The first-order chi connectivity index (χ1) is 5.70. The van der Waals surface area contributed by atoms with Gasteiger partial charge >= 0.3 is 0 Å². The molecule has 2 rings (SSSR count). The van der Waals surface area contributed by atoms with E-state index in [2.05, 4.69) is 4.98 Å². The summed E-state index contributed by atoms with van der Waals surface area (Å²) >= 11 is 1.34. The molecule has 0 amide bonds. The molecule has 2 aromatic heterocycles. The second kappa shape index (κ2) is 2.21. The van der Waals surface area contributed by atoms with Crippen LogP contribution in [0.5, 0.6) is 0 Å². The van der Waals surface area contributed by atoms with Crippen LogP contribution in [0.1, 0.15) is 0 Å². The van der Waals surface area contributed by atoms with E-state index in [1.807, 2.05) is 0 Å². The normalized spacial score (nSPS) is 10.7. The molecular formula is C6H6N4OS. The van der Waals surface area contributed by atoms with E-state index in [1.165, 1.54) is 15.7 Å². The summed E-state index contributed by atoms with van der Waals surface area (Å²) in [6.45, 7) is 0. The van der Waals surface area contributed by atoms with Crippen molar-refractivity contribution in [3.05, 3.63) is 21.9 Å². The van der Waals surface area contributed by atoms with E-state index in [9.17, 15) is 4.79 Å². The van der Waals surface area contributed by atoms with Crippen molar-refractivity contribution in [3.8, 4) is 0 Å². The zero-order valence-corrected chi connectivity index (χ0v) is 6.84. The number of thiazole rings is 1. The van der Waals surface area contributed by atoms with Gasteiger partial charge in [0.25, 0.3) is 5.56 Å². The Morgan fingerprint density at radius 1 is 1.50 bits per heavy atom. The van der Waals surface area contributed by atoms with Gasteiger partial charge in [0, 0.05) is 11.6 Å². The molecule has 0 radical (unpaired) electrons. The first-order valence-electron chi connectivity index (χ1n) is 3.21. The minimum absolute atomic E-state index is 0.00546. The SMILES string of the molecule is Nc1nc2sccn2c(=O)c1N. The molecule has 0 aliphatic rings. The second-order valence-electron chi connectivity index (χ2n) is 2.27. The average Bonchev–Trinajstić information content (AvgIpc) is 2.48. The van der Waals surface area contributed by atoms with E-state index in [4.69, 9.17) is 11.5 Å². The molecule has 0 spiro atoms. The molecule has 0 unspecified atom stereocenters. The van der Waals surface area contributed by atoms with Crippen molar-refractivity contribution in [2.45, 2.75) is 0 Å². The molecule has 0 aliphatic carbocycles. The van der Waals surface area contributed by atoms with Gasteiger partial charge < -0.3 is 11.5 Å². The standard InChI is InChI=1S/C6H6N4OS/c7-3-4(8)9-6-10(5(3)11)1-2-12-6/h1-2H,7-8H2. The van der Waals surface area contributed by atoms with Crippen molar-refractivity contribution in [2.24, 2.45) is 0 Å². The third-order valence-corrected chi connectivity index (χ3v) is 2.29. The lowest BCUT2D eigenvalue weighted by Crippen LogP contribution is -2.19. The predicted molar refractivity (Wildman–Crippen MR) is 48.2 cm³/mol. The Morgan fingerprint density at radius 2 is 2.25 bits per heavy atom. The molecule has 0 saturated carbocycles. The zero-order chi connectivity index (χ0) is 8.72. The molecule has 0 fully saturated rings.